The number of ether oxygens (including phenoxy) is 1. The van der Waals surface area contributed by atoms with Gasteiger partial charge < -0.3 is 19.4 Å². The van der Waals surface area contributed by atoms with E-state index in [0.29, 0.717) is 0 Å². The summed E-state index contributed by atoms with van der Waals surface area (Å²) in [4.78, 5) is 14.7. The summed E-state index contributed by atoms with van der Waals surface area (Å²) in [6.07, 6.45) is 6.29. The first-order chi connectivity index (χ1) is 14.2. The molecule has 1 atom stereocenters. The number of hydrogen-bond acceptors (Lipinski definition) is 4. The van der Waals surface area contributed by atoms with Crippen molar-refractivity contribution in [3.63, 3.8) is 0 Å². The number of morpholine rings is 1. The highest BCUT2D eigenvalue weighted by Crippen LogP contribution is 2.18. The molecule has 4 rings (SSSR count). The van der Waals surface area contributed by atoms with Crippen LogP contribution in [0.25, 0.3) is 5.65 Å². The third kappa shape index (κ3) is 5.08. The molecule has 2 aromatic rings. The second-order valence-electron chi connectivity index (χ2n) is 8.15. The van der Waals surface area contributed by atoms with E-state index in [4.69, 9.17) is 14.7 Å². The number of likely N-dealkylation sites (tertiary alicyclic amines) is 1. The zero-order chi connectivity index (χ0) is 20.1. The van der Waals surface area contributed by atoms with Crippen LogP contribution in [-0.2, 0) is 11.2 Å². The molecule has 0 radical (unpaired) electrons. The molecule has 29 heavy (non-hydrogen) atoms. The van der Waals surface area contributed by atoms with Crippen molar-refractivity contribution in [2.24, 2.45) is 10.9 Å². The van der Waals surface area contributed by atoms with Gasteiger partial charge in [-0.25, -0.2) is 4.98 Å². The van der Waals surface area contributed by atoms with Crippen LogP contribution in [0.5, 0.6) is 0 Å². The lowest BCUT2D eigenvalue weighted by atomic mass is 10.1. The van der Waals surface area contributed by atoms with Crippen molar-refractivity contribution in [2.75, 3.05) is 59.0 Å². The molecule has 0 spiro atoms. The Morgan fingerprint density at radius 3 is 2.97 bits per heavy atom. The van der Waals surface area contributed by atoms with Gasteiger partial charge in [-0.05, 0) is 37.8 Å². The van der Waals surface area contributed by atoms with Crippen LogP contribution in [0.2, 0.25) is 0 Å². The Labute approximate surface area is 173 Å². The van der Waals surface area contributed by atoms with E-state index in [0.717, 1.165) is 82.1 Å². The lowest BCUT2D eigenvalue weighted by Crippen LogP contribution is -2.42. The van der Waals surface area contributed by atoms with E-state index in [1.807, 2.05) is 0 Å². The number of nitrogens with zero attached hydrogens (tertiary/aromatic N) is 5. The normalized spacial score (nSPS) is 21.2. The van der Waals surface area contributed by atoms with Gasteiger partial charge >= 0.3 is 0 Å². The molecule has 2 aromatic heterocycles. The van der Waals surface area contributed by atoms with Gasteiger partial charge in [-0.1, -0.05) is 6.07 Å². The predicted octanol–water partition coefficient (Wildman–Crippen LogP) is 1.80. The van der Waals surface area contributed by atoms with Gasteiger partial charge in [0.1, 0.15) is 5.65 Å². The molecule has 4 heterocycles. The second kappa shape index (κ2) is 9.59. The summed E-state index contributed by atoms with van der Waals surface area (Å²) in [6, 6.07) is 4.17. The standard InChI is InChI=1S/C22H34N6O/c1-3-23-22(28-10-7-19(16-28)15-26-11-13-29-14-12-26)24-8-6-20-17-27-9-4-5-18(2)21(27)25-20/h4-5,9,17,19H,3,6-8,10-16H2,1-2H3,(H,23,24). The predicted molar refractivity (Wildman–Crippen MR) is 117 cm³/mol. The van der Waals surface area contributed by atoms with Gasteiger partial charge in [0.2, 0.25) is 0 Å². The first-order valence-electron chi connectivity index (χ1n) is 11.0. The summed E-state index contributed by atoms with van der Waals surface area (Å²) in [5.74, 6) is 1.77. The van der Waals surface area contributed by atoms with Crippen LogP contribution >= 0.6 is 0 Å². The first kappa shape index (κ1) is 20.2. The topological polar surface area (TPSA) is 57.4 Å². The number of aliphatic imine (C=N–C) groups is 1. The van der Waals surface area contributed by atoms with Gasteiger partial charge in [0, 0.05) is 64.6 Å². The minimum atomic E-state index is 0.721. The Morgan fingerprint density at radius 2 is 2.17 bits per heavy atom. The van der Waals surface area contributed by atoms with Gasteiger partial charge in [-0.2, -0.15) is 0 Å². The number of pyridine rings is 1. The van der Waals surface area contributed by atoms with Gasteiger partial charge in [-0.3, -0.25) is 9.89 Å². The smallest absolute Gasteiger partial charge is 0.193 e. The van der Waals surface area contributed by atoms with Gasteiger partial charge in [-0.15, -0.1) is 0 Å². The maximum atomic E-state index is 5.47. The molecule has 7 nitrogen and oxygen atoms in total. The Bertz CT molecular complexity index is 826. The molecule has 0 amide bonds. The molecule has 1 N–H and O–H groups in total. The highest BCUT2D eigenvalue weighted by Gasteiger charge is 2.27. The third-order valence-corrected chi connectivity index (χ3v) is 5.90. The van der Waals surface area contributed by atoms with Crippen molar-refractivity contribution in [3.05, 3.63) is 35.8 Å². The number of fused-ring (bicyclic) bond motifs is 1. The van der Waals surface area contributed by atoms with Crippen molar-refractivity contribution in [1.29, 1.82) is 0 Å². The van der Waals surface area contributed by atoms with E-state index >= 15 is 0 Å². The van der Waals surface area contributed by atoms with E-state index < -0.39 is 0 Å². The van der Waals surface area contributed by atoms with Crippen molar-refractivity contribution < 1.29 is 4.74 Å². The highest BCUT2D eigenvalue weighted by atomic mass is 16.5. The number of imidazole rings is 1. The fourth-order valence-electron chi connectivity index (χ4n) is 4.35. The Morgan fingerprint density at radius 1 is 1.31 bits per heavy atom. The highest BCUT2D eigenvalue weighted by molar-refractivity contribution is 5.80. The van der Waals surface area contributed by atoms with Crippen LogP contribution in [0.4, 0.5) is 0 Å². The van der Waals surface area contributed by atoms with Gasteiger partial charge in [0.25, 0.3) is 0 Å². The third-order valence-electron chi connectivity index (χ3n) is 5.90. The largest absolute Gasteiger partial charge is 0.379 e. The SMILES string of the molecule is CCNC(=NCCc1cn2cccc(C)c2n1)N1CCC(CN2CCOCC2)C1. The molecular formula is C22H34N6O. The van der Waals surface area contributed by atoms with E-state index in [-0.39, 0.29) is 0 Å². The van der Waals surface area contributed by atoms with E-state index in [2.05, 4.69) is 57.9 Å². The van der Waals surface area contributed by atoms with E-state index in [1.54, 1.807) is 0 Å². The second-order valence-corrected chi connectivity index (χ2v) is 8.15. The van der Waals surface area contributed by atoms with Crippen molar-refractivity contribution in [2.45, 2.75) is 26.7 Å². The average molecular weight is 399 g/mol. The zero-order valence-corrected chi connectivity index (χ0v) is 17.8. The van der Waals surface area contributed by atoms with Crippen LogP contribution in [0.15, 0.2) is 29.5 Å². The zero-order valence-electron chi connectivity index (χ0n) is 17.8. The first-order valence-corrected chi connectivity index (χ1v) is 11.0. The maximum absolute atomic E-state index is 5.47. The molecule has 0 aromatic carbocycles. The monoisotopic (exact) mass is 398 g/mol. The number of hydrogen-bond donors (Lipinski definition) is 1. The lowest BCUT2D eigenvalue weighted by Gasteiger charge is -2.29. The summed E-state index contributed by atoms with van der Waals surface area (Å²) >= 11 is 0. The van der Waals surface area contributed by atoms with Crippen molar-refractivity contribution >= 4 is 11.6 Å². The minimum absolute atomic E-state index is 0.721. The molecule has 2 aliphatic heterocycles. The molecule has 158 valence electrons. The van der Waals surface area contributed by atoms with E-state index in [9.17, 15) is 0 Å². The Balaban J connectivity index is 1.33. The minimum Gasteiger partial charge on any atom is -0.379 e. The molecule has 2 fully saturated rings. The molecule has 7 heteroatoms. The maximum Gasteiger partial charge on any atom is 0.193 e. The molecule has 0 saturated carbocycles. The van der Waals surface area contributed by atoms with Gasteiger partial charge in [0.05, 0.1) is 18.9 Å². The summed E-state index contributed by atoms with van der Waals surface area (Å²) in [5.41, 5.74) is 3.35. The summed E-state index contributed by atoms with van der Waals surface area (Å²) in [6.45, 7) is 13.2. The summed E-state index contributed by atoms with van der Waals surface area (Å²) in [7, 11) is 0. The average Bonchev–Trinajstić information content (AvgIpc) is 3.36. The van der Waals surface area contributed by atoms with Crippen molar-refractivity contribution in [3.8, 4) is 0 Å². The fourth-order valence-corrected chi connectivity index (χ4v) is 4.35. The molecule has 0 aliphatic carbocycles. The van der Waals surface area contributed by atoms with Crippen LogP contribution in [0.1, 0.15) is 24.6 Å². The summed E-state index contributed by atoms with van der Waals surface area (Å²) < 4.78 is 7.58. The lowest BCUT2D eigenvalue weighted by molar-refractivity contribution is 0.0315. The fraction of sp³-hybridized carbons (Fsp3) is 0.636. The quantitative estimate of drug-likeness (QED) is 0.594. The molecule has 0 bridgehead atoms. The Kier molecular flexibility index (Phi) is 6.67. The summed E-state index contributed by atoms with van der Waals surface area (Å²) in [5, 5.41) is 3.49. The molecule has 2 saturated heterocycles. The van der Waals surface area contributed by atoms with Crippen LogP contribution < -0.4 is 5.32 Å². The molecule has 1 unspecified atom stereocenters. The van der Waals surface area contributed by atoms with Crippen LogP contribution in [0.3, 0.4) is 0 Å². The molecular weight excluding hydrogens is 364 g/mol. The van der Waals surface area contributed by atoms with Crippen molar-refractivity contribution in [1.82, 2.24) is 24.5 Å². The van der Waals surface area contributed by atoms with E-state index in [1.165, 1.54) is 18.5 Å². The number of nitrogens with one attached hydrogen (secondary N) is 1. The Hall–Kier alpha value is -2.12. The number of rotatable bonds is 6. The number of guanidine groups is 1. The number of aryl methyl sites for hydroxylation is 1. The van der Waals surface area contributed by atoms with Gasteiger partial charge in [0.15, 0.2) is 5.96 Å². The van der Waals surface area contributed by atoms with Crippen LogP contribution in [0, 0.1) is 12.8 Å². The number of aromatic nitrogens is 2. The van der Waals surface area contributed by atoms with Crippen LogP contribution in [-0.4, -0.2) is 84.2 Å². The molecule has 2 aliphatic rings.